The van der Waals surface area contributed by atoms with Gasteiger partial charge < -0.3 is 38.8 Å². The Morgan fingerprint density at radius 2 is 1.16 bits per heavy atom. The van der Waals surface area contributed by atoms with Crippen LogP contribution in [-0.2, 0) is 4.79 Å². The molecule has 0 aliphatic heterocycles. The van der Waals surface area contributed by atoms with E-state index in [1.807, 2.05) is 6.08 Å². The van der Waals surface area contributed by atoms with Gasteiger partial charge in [-0.15, -0.1) is 0 Å². The summed E-state index contributed by atoms with van der Waals surface area (Å²) in [6.45, 7) is 0. The van der Waals surface area contributed by atoms with Crippen LogP contribution in [0.25, 0.3) is 18.2 Å². The molecule has 3 aromatic carbocycles. The van der Waals surface area contributed by atoms with Crippen molar-refractivity contribution in [1.82, 2.24) is 0 Å². The lowest BCUT2D eigenvalue weighted by molar-refractivity contribution is -0.111. The second kappa shape index (κ2) is 13.0. The smallest absolute Gasteiger partial charge is 0.248 e. The predicted molar refractivity (Wildman–Crippen MR) is 147 cm³/mol. The minimum Gasteiger partial charge on any atom is -0.503 e. The molecule has 1 amide bonds. The van der Waals surface area contributed by atoms with E-state index in [1.54, 1.807) is 75.9 Å². The maximum Gasteiger partial charge on any atom is 0.248 e. The Balaban J connectivity index is 1.85. The van der Waals surface area contributed by atoms with E-state index in [1.165, 1.54) is 27.4 Å². The zero-order valence-electron chi connectivity index (χ0n) is 22.2. The molecule has 0 heterocycles. The third kappa shape index (κ3) is 6.50. The average molecular weight is 522 g/mol. The van der Waals surface area contributed by atoms with Crippen molar-refractivity contribution in [3.8, 4) is 40.2 Å². The van der Waals surface area contributed by atoms with Gasteiger partial charge in [0.25, 0.3) is 0 Å². The van der Waals surface area contributed by atoms with E-state index in [0.717, 1.165) is 11.1 Å². The highest BCUT2D eigenvalue weighted by Gasteiger charge is 2.14. The number of amides is 1. The summed E-state index contributed by atoms with van der Waals surface area (Å²) < 4.78 is 32.0. The fraction of sp³-hybridized carbons (Fsp3) is 0.207. The summed E-state index contributed by atoms with van der Waals surface area (Å²) >= 11 is 0. The van der Waals surface area contributed by atoms with E-state index >= 15 is 0 Å². The van der Waals surface area contributed by atoms with Crippen molar-refractivity contribution >= 4 is 29.8 Å². The number of hydrogen-bond donors (Lipinski definition) is 2. The van der Waals surface area contributed by atoms with Crippen LogP contribution in [0.2, 0.25) is 0 Å². The molecule has 0 unspecified atom stereocenters. The number of carbonyl (C=O) groups is 1. The summed E-state index contributed by atoms with van der Waals surface area (Å²) in [6.07, 6.45) is 6.61. The molecule has 2 N–H and O–H groups in total. The first-order valence-corrected chi connectivity index (χ1v) is 11.5. The molecule has 0 aliphatic rings. The molecule has 3 rings (SSSR count). The lowest BCUT2D eigenvalue weighted by atomic mass is 10.1. The van der Waals surface area contributed by atoms with Crippen LogP contribution < -0.4 is 33.7 Å². The lowest BCUT2D eigenvalue weighted by Crippen LogP contribution is -2.08. The molecule has 200 valence electrons. The standard InChI is InChI=1S/C29H31NO8/c1-33-22-11-9-18(14-23(22)34-2)10-12-27(31)30-21-13-19(15-24(35-3)28(21)32)7-8-20-16-25(36-4)29(38-6)26(17-20)37-5/h7-17,32H,1-6H3,(H,30,31)/b8-7?,12-10+. The van der Waals surface area contributed by atoms with Gasteiger partial charge in [-0.05, 0) is 59.2 Å². The van der Waals surface area contributed by atoms with Gasteiger partial charge in [0.15, 0.2) is 34.5 Å². The molecule has 0 saturated heterocycles. The normalized spacial score (nSPS) is 10.9. The number of ether oxygens (including phenoxy) is 6. The second-order valence-corrected chi connectivity index (χ2v) is 7.85. The molecular weight excluding hydrogens is 490 g/mol. The highest BCUT2D eigenvalue weighted by molar-refractivity contribution is 6.03. The first-order valence-electron chi connectivity index (χ1n) is 11.5. The summed E-state index contributed by atoms with van der Waals surface area (Å²) in [4.78, 5) is 12.6. The Morgan fingerprint density at radius 3 is 1.71 bits per heavy atom. The highest BCUT2D eigenvalue weighted by atomic mass is 16.5. The van der Waals surface area contributed by atoms with Crippen molar-refractivity contribution in [1.29, 1.82) is 0 Å². The van der Waals surface area contributed by atoms with Crippen molar-refractivity contribution < 1.29 is 38.3 Å². The molecule has 0 fully saturated rings. The number of benzene rings is 3. The number of hydrogen-bond acceptors (Lipinski definition) is 8. The zero-order chi connectivity index (χ0) is 27.7. The maximum atomic E-state index is 12.6. The quantitative estimate of drug-likeness (QED) is 0.200. The Hall–Kier alpha value is -4.79. The topological polar surface area (TPSA) is 105 Å². The van der Waals surface area contributed by atoms with E-state index in [4.69, 9.17) is 28.4 Å². The van der Waals surface area contributed by atoms with E-state index in [-0.39, 0.29) is 17.2 Å². The van der Waals surface area contributed by atoms with E-state index in [0.29, 0.717) is 34.3 Å². The van der Waals surface area contributed by atoms with Crippen LogP contribution >= 0.6 is 0 Å². The number of phenols is 1. The first-order chi connectivity index (χ1) is 18.4. The van der Waals surface area contributed by atoms with Gasteiger partial charge in [-0.2, -0.15) is 0 Å². The van der Waals surface area contributed by atoms with Gasteiger partial charge >= 0.3 is 0 Å². The number of phenolic OH excluding ortho intramolecular Hbond substituents is 1. The Kier molecular flexibility index (Phi) is 9.48. The van der Waals surface area contributed by atoms with Crippen LogP contribution in [0.4, 0.5) is 5.69 Å². The second-order valence-electron chi connectivity index (χ2n) is 7.85. The minimum atomic E-state index is -0.442. The summed E-state index contributed by atoms with van der Waals surface area (Å²) in [5.74, 6) is 2.23. The number of aromatic hydroxyl groups is 1. The molecule has 0 atom stereocenters. The number of carbonyl (C=O) groups excluding carboxylic acids is 1. The molecule has 0 bridgehead atoms. The predicted octanol–water partition coefficient (Wildman–Crippen LogP) is 5.27. The van der Waals surface area contributed by atoms with E-state index in [2.05, 4.69) is 5.32 Å². The van der Waals surface area contributed by atoms with Gasteiger partial charge in [0.2, 0.25) is 11.7 Å². The fourth-order valence-electron chi connectivity index (χ4n) is 3.67. The SMILES string of the molecule is COc1ccc(/C=C/C(=O)Nc2cc(C=Cc3cc(OC)c(OC)c(OC)c3)cc(OC)c2O)cc1OC. The Labute approximate surface area is 221 Å². The third-order valence-corrected chi connectivity index (χ3v) is 5.57. The molecule has 0 radical (unpaired) electrons. The van der Waals surface area contributed by atoms with Crippen LogP contribution in [0, 0.1) is 0 Å². The molecule has 0 aromatic heterocycles. The molecule has 3 aromatic rings. The van der Waals surface area contributed by atoms with Crippen LogP contribution in [0.15, 0.2) is 48.5 Å². The average Bonchev–Trinajstić information content (AvgIpc) is 2.95. The first kappa shape index (κ1) is 27.8. The molecular formula is C29H31NO8. The van der Waals surface area contributed by atoms with Crippen LogP contribution in [0.3, 0.4) is 0 Å². The van der Waals surface area contributed by atoms with Crippen molar-refractivity contribution in [3.63, 3.8) is 0 Å². The largest absolute Gasteiger partial charge is 0.503 e. The maximum absolute atomic E-state index is 12.6. The fourth-order valence-corrected chi connectivity index (χ4v) is 3.67. The van der Waals surface area contributed by atoms with E-state index in [9.17, 15) is 9.90 Å². The van der Waals surface area contributed by atoms with Gasteiger partial charge in [0.1, 0.15) is 0 Å². The molecule has 0 spiro atoms. The van der Waals surface area contributed by atoms with Gasteiger partial charge in [-0.1, -0.05) is 18.2 Å². The van der Waals surface area contributed by atoms with Crippen molar-refractivity contribution in [3.05, 3.63) is 65.2 Å². The van der Waals surface area contributed by atoms with Gasteiger partial charge in [-0.3, -0.25) is 4.79 Å². The van der Waals surface area contributed by atoms with Gasteiger partial charge in [-0.25, -0.2) is 0 Å². The van der Waals surface area contributed by atoms with Crippen molar-refractivity contribution in [2.45, 2.75) is 0 Å². The number of methoxy groups -OCH3 is 6. The molecule has 0 saturated carbocycles. The minimum absolute atomic E-state index is 0.190. The van der Waals surface area contributed by atoms with Gasteiger partial charge in [0.05, 0.1) is 48.3 Å². The summed E-state index contributed by atoms with van der Waals surface area (Å²) in [5.41, 5.74) is 2.39. The summed E-state index contributed by atoms with van der Waals surface area (Å²) in [7, 11) is 9.16. The van der Waals surface area contributed by atoms with Crippen LogP contribution in [0.1, 0.15) is 16.7 Å². The molecule has 38 heavy (non-hydrogen) atoms. The zero-order valence-corrected chi connectivity index (χ0v) is 22.2. The number of anilines is 1. The van der Waals surface area contributed by atoms with Crippen LogP contribution in [-0.4, -0.2) is 53.7 Å². The summed E-state index contributed by atoms with van der Waals surface area (Å²) in [5, 5.41) is 13.3. The molecule has 9 heteroatoms. The van der Waals surface area contributed by atoms with E-state index < -0.39 is 5.91 Å². The molecule has 0 aliphatic carbocycles. The summed E-state index contributed by atoms with van der Waals surface area (Å²) in [6, 6.07) is 12.2. The van der Waals surface area contributed by atoms with Crippen LogP contribution in [0.5, 0.6) is 40.2 Å². The van der Waals surface area contributed by atoms with Crippen molar-refractivity contribution in [2.24, 2.45) is 0 Å². The third-order valence-electron chi connectivity index (χ3n) is 5.57. The number of rotatable bonds is 11. The van der Waals surface area contributed by atoms with Crippen molar-refractivity contribution in [2.75, 3.05) is 48.0 Å². The Morgan fingerprint density at radius 1 is 0.632 bits per heavy atom. The molecule has 9 nitrogen and oxygen atoms in total. The monoisotopic (exact) mass is 521 g/mol. The van der Waals surface area contributed by atoms with Gasteiger partial charge in [0, 0.05) is 6.08 Å². The Bertz CT molecular complexity index is 1320. The lowest BCUT2D eigenvalue weighted by Gasteiger charge is -2.13. The highest BCUT2D eigenvalue weighted by Crippen LogP contribution is 2.39. The number of nitrogens with one attached hydrogen (secondary N) is 1.